The fourth-order valence-corrected chi connectivity index (χ4v) is 5.83. The smallest absolute Gasteiger partial charge is 0.243 e. The molecule has 2 amide bonds. The number of aliphatic hydroxyl groups excluding tert-OH is 1. The Morgan fingerprint density at radius 1 is 0.891 bits per heavy atom. The highest BCUT2D eigenvalue weighted by atomic mass is 32.2. The van der Waals surface area contributed by atoms with Crippen LogP contribution in [0, 0.1) is 0 Å². The van der Waals surface area contributed by atoms with Gasteiger partial charge in [-0.3, -0.25) is 14.8 Å². The van der Waals surface area contributed by atoms with Gasteiger partial charge in [-0.15, -0.1) is 5.10 Å². The fourth-order valence-electron chi connectivity index (χ4n) is 4.92. The fraction of sp³-hybridized carbons (Fsp3) is 0.344. The number of nitrogens with one attached hydrogen (secondary N) is 2. The Morgan fingerprint density at radius 2 is 1.57 bits per heavy atom. The van der Waals surface area contributed by atoms with Gasteiger partial charge in [0.15, 0.2) is 6.29 Å². The van der Waals surface area contributed by atoms with Crippen LogP contribution in [0.1, 0.15) is 66.8 Å². The number of phenolic OH excluding ortho intramolecular Hbond substituents is 1. The Balaban J connectivity index is 1.22. The Labute approximate surface area is 269 Å². The number of rotatable bonds is 14. The number of amides is 2. The van der Waals surface area contributed by atoms with Crippen LogP contribution < -0.4 is 10.8 Å². The molecule has 0 saturated carbocycles. The third kappa shape index (κ3) is 9.11. The summed E-state index contributed by atoms with van der Waals surface area (Å²) in [5.41, 5.74) is 5.85. The van der Waals surface area contributed by atoms with E-state index in [9.17, 15) is 19.8 Å². The molecule has 5 N–H and O–H groups in total. The zero-order chi connectivity index (χ0) is 32.3. The normalized spacial score (nSPS) is 17.8. The molecule has 14 heteroatoms. The minimum absolute atomic E-state index is 0.0390. The van der Waals surface area contributed by atoms with Crippen molar-refractivity contribution in [3.63, 3.8) is 0 Å². The molecule has 5 rings (SSSR count). The molecule has 0 bridgehead atoms. The number of hydroxylamine groups is 1. The van der Waals surface area contributed by atoms with Gasteiger partial charge in [0.2, 0.25) is 17.0 Å². The van der Waals surface area contributed by atoms with Crippen LogP contribution in [0.25, 0.3) is 5.69 Å². The van der Waals surface area contributed by atoms with E-state index in [2.05, 4.69) is 20.8 Å². The van der Waals surface area contributed by atoms with Gasteiger partial charge in [0.25, 0.3) is 0 Å². The van der Waals surface area contributed by atoms with Crippen molar-refractivity contribution < 1.29 is 34.5 Å². The lowest BCUT2D eigenvalue weighted by molar-refractivity contribution is -0.245. The maximum atomic E-state index is 12.2. The second kappa shape index (κ2) is 16.3. The van der Waals surface area contributed by atoms with Gasteiger partial charge in [-0.1, -0.05) is 60.3 Å². The largest absolute Gasteiger partial charge is 0.508 e. The SMILES string of the molecule is O=C(CCCCC(=O)NCc1ccc([C@H]2O[C@@H](CSc3nnnn3-c3ccc(O)cc3)C[C@@H](c3ccc(CO)cc3)O2)cc1)NO. The van der Waals surface area contributed by atoms with Crippen molar-refractivity contribution in [3.05, 3.63) is 95.1 Å². The summed E-state index contributed by atoms with van der Waals surface area (Å²) in [6.45, 7) is 0.320. The molecule has 3 aromatic carbocycles. The van der Waals surface area contributed by atoms with E-state index in [1.165, 1.54) is 11.8 Å². The first-order valence-corrected chi connectivity index (χ1v) is 15.9. The summed E-state index contributed by atoms with van der Waals surface area (Å²) in [6.07, 6.45) is 1.00. The number of benzene rings is 3. The third-order valence-electron chi connectivity index (χ3n) is 7.47. The lowest BCUT2D eigenvalue weighted by Gasteiger charge is -2.36. The van der Waals surface area contributed by atoms with Crippen LogP contribution in [0.4, 0.5) is 0 Å². The molecular weight excluding hydrogens is 612 g/mol. The van der Waals surface area contributed by atoms with E-state index in [1.54, 1.807) is 34.4 Å². The number of hydrogen-bond donors (Lipinski definition) is 5. The summed E-state index contributed by atoms with van der Waals surface area (Å²) in [7, 11) is 0. The molecule has 46 heavy (non-hydrogen) atoms. The first kappa shape index (κ1) is 33.0. The topological polar surface area (TPSA) is 181 Å². The number of unbranched alkanes of at least 4 members (excludes halogenated alkanes) is 1. The number of carbonyl (C=O) groups is 2. The first-order valence-electron chi connectivity index (χ1n) is 14.9. The summed E-state index contributed by atoms with van der Waals surface area (Å²) < 4.78 is 14.5. The van der Waals surface area contributed by atoms with Gasteiger partial charge in [0.1, 0.15) is 5.75 Å². The van der Waals surface area contributed by atoms with Gasteiger partial charge in [0, 0.05) is 37.1 Å². The molecule has 1 fully saturated rings. The average Bonchev–Trinajstić information content (AvgIpc) is 3.57. The van der Waals surface area contributed by atoms with Gasteiger partial charge >= 0.3 is 0 Å². The second-order valence-electron chi connectivity index (χ2n) is 10.8. The molecule has 0 spiro atoms. The van der Waals surface area contributed by atoms with E-state index >= 15 is 0 Å². The number of phenols is 1. The summed E-state index contributed by atoms with van der Waals surface area (Å²) in [5, 5.41) is 43.3. The van der Waals surface area contributed by atoms with Crippen LogP contribution in [-0.4, -0.2) is 59.3 Å². The number of nitrogens with zero attached hydrogens (tertiary/aromatic N) is 4. The van der Waals surface area contributed by atoms with Crippen LogP contribution >= 0.6 is 11.8 Å². The summed E-state index contributed by atoms with van der Waals surface area (Å²) in [6, 6.07) is 22.0. The Hall–Kier alpha value is -4.34. The van der Waals surface area contributed by atoms with E-state index in [0.29, 0.717) is 43.1 Å². The second-order valence-corrected chi connectivity index (χ2v) is 11.8. The molecule has 0 unspecified atom stereocenters. The van der Waals surface area contributed by atoms with Crippen molar-refractivity contribution in [2.45, 2.75) is 68.9 Å². The standard InChI is InChI=1S/C32H36N6O7S/c39-19-22-7-9-23(10-8-22)28-17-27(20-46-32-34-36-37-38(32)25-13-15-26(40)16-14-25)44-31(45-28)24-11-5-21(6-12-24)18-33-29(41)3-1-2-4-30(42)35-43/h5-16,27-28,31,39-40,43H,1-4,17-20H2,(H,33,41)(H,35,42)/t27-,28+,31+/m1/s1. The molecule has 1 aliphatic rings. The average molecular weight is 649 g/mol. The van der Waals surface area contributed by atoms with Crippen molar-refractivity contribution in [2.24, 2.45) is 0 Å². The minimum Gasteiger partial charge on any atom is -0.508 e. The Bertz CT molecular complexity index is 1570. The van der Waals surface area contributed by atoms with Gasteiger partial charge in [0.05, 0.1) is 24.5 Å². The van der Waals surface area contributed by atoms with Crippen molar-refractivity contribution in [1.29, 1.82) is 0 Å². The highest BCUT2D eigenvalue weighted by Gasteiger charge is 2.32. The van der Waals surface area contributed by atoms with Crippen molar-refractivity contribution in [2.75, 3.05) is 5.75 Å². The zero-order valence-corrected chi connectivity index (χ0v) is 25.8. The number of carbonyl (C=O) groups excluding carboxylic acids is 2. The number of aliphatic hydroxyl groups is 1. The van der Waals surface area contributed by atoms with Crippen LogP contribution in [0.2, 0.25) is 0 Å². The van der Waals surface area contributed by atoms with Gasteiger partial charge in [-0.25, -0.2) is 5.48 Å². The lowest BCUT2D eigenvalue weighted by atomic mass is 10.0. The quantitative estimate of drug-likeness (QED) is 0.0579. The number of thioether (sulfide) groups is 1. The number of ether oxygens (including phenoxy) is 2. The van der Waals surface area contributed by atoms with Crippen molar-refractivity contribution >= 4 is 23.6 Å². The van der Waals surface area contributed by atoms with Crippen LogP contribution in [0.3, 0.4) is 0 Å². The molecule has 242 valence electrons. The van der Waals surface area contributed by atoms with E-state index in [1.807, 2.05) is 48.5 Å². The maximum absolute atomic E-state index is 12.2. The van der Waals surface area contributed by atoms with E-state index in [4.69, 9.17) is 14.7 Å². The molecule has 0 radical (unpaired) electrons. The Kier molecular flexibility index (Phi) is 11.7. The zero-order valence-electron chi connectivity index (χ0n) is 25.0. The van der Waals surface area contributed by atoms with Crippen LogP contribution in [0.5, 0.6) is 5.75 Å². The summed E-state index contributed by atoms with van der Waals surface area (Å²) >= 11 is 1.46. The number of tetrazole rings is 1. The molecule has 2 heterocycles. The lowest BCUT2D eigenvalue weighted by Crippen LogP contribution is -2.31. The van der Waals surface area contributed by atoms with Crippen LogP contribution in [0.15, 0.2) is 78.0 Å². The van der Waals surface area contributed by atoms with Crippen molar-refractivity contribution in [3.8, 4) is 11.4 Å². The highest BCUT2D eigenvalue weighted by molar-refractivity contribution is 7.99. The summed E-state index contributed by atoms with van der Waals surface area (Å²) in [4.78, 5) is 23.3. The molecular formula is C32H36N6O7S. The Morgan fingerprint density at radius 3 is 2.26 bits per heavy atom. The van der Waals surface area contributed by atoms with Crippen LogP contribution in [-0.2, 0) is 32.2 Å². The first-order chi connectivity index (χ1) is 22.4. The molecule has 4 aromatic rings. The molecule has 0 aliphatic carbocycles. The van der Waals surface area contributed by atoms with Gasteiger partial charge in [-0.2, -0.15) is 4.68 Å². The molecule has 1 aliphatic heterocycles. The van der Waals surface area contributed by atoms with Crippen molar-refractivity contribution in [1.82, 2.24) is 31.0 Å². The number of aromatic hydroxyl groups is 1. The van der Waals surface area contributed by atoms with E-state index in [-0.39, 0.29) is 36.9 Å². The third-order valence-corrected chi connectivity index (χ3v) is 8.52. The van der Waals surface area contributed by atoms with E-state index < -0.39 is 12.2 Å². The molecule has 3 atom stereocenters. The molecule has 1 saturated heterocycles. The summed E-state index contributed by atoms with van der Waals surface area (Å²) in [5.74, 6) is 0.134. The van der Waals surface area contributed by atoms with E-state index in [0.717, 1.165) is 27.9 Å². The monoisotopic (exact) mass is 648 g/mol. The minimum atomic E-state index is -0.644. The number of aromatic nitrogens is 4. The number of hydrogen-bond acceptors (Lipinski definition) is 11. The molecule has 13 nitrogen and oxygen atoms in total. The predicted octanol–water partition coefficient (Wildman–Crippen LogP) is 3.88. The highest BCUT2D eigenvalue weighted by Crippen LogP contribution is 2.39. The van der Waals surface area contributed by atoms with Gasteiger partial charge in [-0.05, 0) is 64.2 Å². The molecule has 1 aromatic heterocycles. The predicted molar refractivity (Wildman–Crippen MR) is 167 cm³/mol. The van der Waals surface area contributed by atoms with Gasteiger partial charge < -0.3 is 25.0 Å². The maximum Gasteiger partial charge on any atom is 0.243 e.